The van der Waals surface area contributed by atoms with E-state index in [0.717, 1.165) is 11.5 Å². The average Bonchev–Trinajstić information content (AvgIpc) is 2.74. The fourth-order valence-corrected chi connectivity index (χ4v) is 2.10. The Morgan fingerprint density at radius 3 is 2.50 bits per heavy atom. The molecule has 0 spiro atoms. The molecule has 1 rings (SSSR count). The zero-order chi connectivity index (χ0) is 14.0. The van der Waals surface area contributed by atoms with Gasteiger partial charge in [-0.15, -0.1) is 5.10 Å². The third-order valence-corrected chi connectivity index (χ3v) is 3.52. The topological polar surface area (TPSA) is 75.1 Å². The van der Waals surface area contributed by atoms with E-state index in [9.17, 15) is 9.90 Å². The molecule has 0 aliphatic heterocycles. The van der Waals surface area contributed by atoms with Crippen molar-refractivity contribution in [2.45, 2.75) is 52.1 Å². The van der Waals surface area contributed by atoms with Crippen LogP contribution in [0, 0.1) is 0 Å². The highest BCUT2D eigenvalue weighted by Gasteiger charge is 2.27. The summed E-state index contributed by atoms with van der Waals surface area (Å²) in [5, 5.41) is 16.6. The van der Waals surface area contributed by atoms with Gasteiger partial charge in [0.25, 0.3) is 5.91 Å². The summed E-state index contributed by atoms with van der Waals surface area (Å²) >= 11 is 1.09. The van der Waals surface area contributed by atoms with Gasteiger partial charge in [-0.2, -0.15) is 0 Å². The fourth-order valence-electron chi connectivity index (χ4n) is 1.31. The van der Waals surface area contributed by atoms with Gasteiger partial charge in [0.1, 0.15) is 4.88 Å². The molecule has 102 valence electrons. The highest BCUT2D eigenvalue weighted by atomic mass is 32.1. The smallest absolute Gasteiger partial charge is 0.265 e. The van der Waals surface area contributed by atoms with Crippen molar-refractivity contribution in [1.82, 2.24) is 14.9 Å². The van der Waals surface area contributed by atoms with Crippen LogP contribution in [-0.4, -0.2) is 32.7 Å². The summed E-state index contributed by atoms with van der Waals surface area (Å²) in [6, 6.07) is 0. The molecule has 1 unspecified atom stereocenters. The third-order valence-electron chi connectivity index (χ3n) is 2.80. The number of hydrogen-bond donors (Lipinski definition) is 2. The normalized spacial score (nSPS) is 15.2. The minimum atomic E-state index is -0.879. The maximum absolute atomic E-state index is 12.0. The number of nitrogens with zero attached hydrogens (tertiary/aromatic N) is 2. The van der Waals surface area contributed by atoms with Gasteiger partial charge in [-0.25, -0.2) is 0 Å². The Balaban J connectivity index is 2.78. The monoisotopic (exact) mass is 271 g/mol. The summed E-state index contributed by atoms with van der Waals surface area (Å²) in [6.07, 6.45) is 0.584. The number of aliphatic hydroxyl groups is 1. The van der Waals surface area contributed by atoms with Gasteiger partial charge >= 0.3 is 0 Å². The van der Waals surface area contributed by atoms with Crippen LogP contribution in [0.15, 0.2) is 0 Å². The lowest BCUT2D eigenvalue weighted by Crippen LogP contribution is -2.40. The highest BCUT2D eigenvalue weighted by Crippen LogP contribution is 2.25. The summed E-state index contributed by atoms with van der Waals surface area (Å²) < 4.78 is 3.84. The Kier molecular flexibility index (Phi) is 4.45. The Morgan fingerprint density at radius 2 is 2.00 bits per heavy atom. The predicted molar refractivity (Wildman–Crippen MR) is 71.9 cm³/mol. The van der Waals surface area contributed by atoms with Gasteiger partial charge in [-0.05, 0) is 24.9 Å². The van der Waals surface area contributed by atoms with Gasteiger partial charge in [0.2, 0.25) is 0 Å². The maximum atomic E-state index is 12.0. The van der Waals surface area contributed by atoms with E-state index in [1.54, 1.807) is 6.92 Å². The van der Waals surface area contributed by atoms with E-state index in [2.05, 4.69) is 14.9 Å². The molecule has 5 nitrogen and oxygen atoms in total. The molecule has 2 N–H and O–H groups in total. The van der Waals surface area contributed by atoms with Gasteiger partial charge in [-0.1, -0.05) is 32.2 Å². The van der Waals surface area contributed by atoms with Crippen LogP contribution in [0.1, 0.15) is 56.4 Å². The van der Waals surface area contributed by atoms with Crippen molar-refractivity contribution in [2.24, 2.45) is 0 Å². The van der Waals surface area contributed by atoms with Crippen LogP contribution < -0.4 is 5.32 Å². The number of amides is 1. The van der Waals surface area contributed by atoms with E-state index in [1.807, 2.05) is 27.7 Å². The average molecular weight is 271 g/mol. The summed E-state index contributed by atoms with van der Waals surface area (Å²) in [5.41, 5.74) is -0.399. The van der Waals surface area contributed by atoms with E-state index in [4.69, 9.17) is 0 Å². The van der Waals surface area contributed by atoms with Crippen LogP contribution in [0.25, 0.3) is 0 Å². The predicted octanol–water partition coefficient (Wildman–Crippen LogP) is 1.73. The van der Waals surface area contributed by atoms with Gasteiger partial charge in [-0.3, -0.25) is 4.79 Å². The van der Waals surface area contributed by atoms with Crippen molar-refractivity contribution in [3.8, 4) is 0 Å². The molecule has 0 saturated heterocycles. The second kappa shape index (κ2) is 5.32. The molecule has 1 amide bonds. The van der Waals surface area contributed by atoms with E-state index in [0.29, 0.717) is 17.0 Å². The molecule has 0 saturated carbocycles. The molecule has 0 radical (unpaired) electrons. The molecule has 0 bridgehead atoms. The molecule has 0 aliphatic rings. The van der Waals surface area contributed by atoms with Crippen molar-refractivity contribution in [1.29, 1.82) is 0 Å². The maximum Gasteiger partial charge on any atom is 0.265 e. The minimum Gasteiger partial charge on any atom is -0.388 e. The van der Waals surface area contributed by atoms with Crippen LogP contribution in [0.2, 0.25) is 0 Å². The Bertz CT molecular complexity index is 421. The van der Waals surface area contributed by atoms with Crippen molar-refractivity contribution in [2.75, 3.05) is 6.54 Å². The van der Waals surface area contributed by atoms with Gasteiger partial charge in [0, 0.05) is 12.0 Å². The first-order valence-corrected chi connectivity index (χ1v) is 6.78. The molecule has 1 aromatic heterocycles. The quantitative estimate of drug-likeness (QED) is 0.874. The highest BCUT2D eigenvalue weighted by molar-refractivity contribution is 7.08. The summed E-state index contributed by atoms with van der Waals surface area (Å²) in [6.45, 7) is 9.77. The Labute approximate surface area is 112 Å². The molecule has 18 heavy (non-hydrogen) atoms. The molecule has 1 atom stereocenters. The molecule has 0 aliphatic carbocycles. The van der Waals surface area contributed by atoms with Crippen LogP contribution in [-0.2, 0) is 5.41 Å². The van der Waals surface area contributed by atoms with Crippen molar-refractivity contribution in [3.05, 3.63) is 10.6 Å². The molecule has 0 aromatic carbocycles. The zero-order valence-corrected chi connectivity index (χ0v) is 12.4. The Hall–Kier alpha value is -1.01. The summed E-state index contributed by atoms with van der Waals surface area (Å²) in [5.74, 6) is -0.219. The van der Waals surface area contributed by atoms with Gasteiger partial charge in [0.05, 0.1) is 11.3 Å². The number of carbonyl (C=O) groups is 1. The second-order valence-electron chi connectivity index (χ2n) is 5.73. The van der Waals surface area contributed by atoms with Crippen molar-refractivity contribution in [3.63, 3.8) is 0 Å². The van der Waals surface area contributed by atoms with Crippen LogP contribution in [0.3, 0.4) is 0 Å². The molecule has 1 aromatic rings. The van der Waals surface area contributed by atoms with E-state index < -0.39 is 5.60 Å². The zero-order valence-electron chi connectivity index (χ0n) is 11.6. The van der Waals surface area contributed by atoms with E-state index >= 15 is 0 Å². The number of aromatic nitrogens is 2. The fraction of sp³-hybridized carbons (Fsp3) is 0.750. The first kappa shape index (κ1) is 15.0. The number of carbonyl (C=O) groups excluding carboxylic acids is 1. The van der Waals surface area contributed by atoms with Crippen molar-refractivity contribution >= 4 is 17.4 Å². The summed E-state index contributed by atoms with van der Waals surface area (Å²) in [7, 11) is 0. The van der Waals surface area contributed by atoms with E-state index in [-0.39, 0.29) is 17.9 Å². The van der Waals surface area contributed by atoms with Crippen molar-refractivity contribution < 1.29 is 9.90 Å². The Morgan fingerprint density at radius 1 is 1.39 bits per heavy atom. The lowest BCUT2D eigenvalue weighted by atomic mass is 9.91. The molecule has 0 fully saturated rings. The van der Waals surface area contributed by atoms with Gasteiger partial charge < -0.3 is 10.4 Å². The number of hydrogen-bond acceptors (Lipinski definition) is 5. The lowest BCUT2D eigenvalue weighted by Gasteiger charge is -2.22. The standard InChI is InChI=1S/C12H21N3O2S/c1-6-12(5,17)7-13-10(16)8-9(11(2,3)4)14-15-18-8/h17H,6-7H2,1-5H3,(H,13,16). The lowest BCUT2D eigenvalue weighted by molar-refractivity contribution is 0.0519. The third kappa shape index (κ3) is 3.74. The van der Waals surface area contributed by atoms with E-state index in [1.165, 1.54) is 0 Å². The minimum absolute atomic E-state index is 0.215. The number of rotatable bonds is 4. The summed E-state index contributed by atoms with van der Waals surface area (Å²) in [4.78, 5) is 12.6. The first-order chi connectivity index (χ1) is 8.17. The van der Waals surface area contributed by atoms with Gasteiger partial charge in [0.15, 0.2) is 0 Å². The first-order valence-electron chi connectivity index (χ1n) is 6.01. The van der Waals surface area contributed by atoms with Crippen LogP contribution in [0.5, 0.6) is 0 Å². The second-order valence-corrected chi connectivity index (χ2v) is 6.49. The molecular weight excluding hydrogens is 250 g/mol. The molecule has 1 heterocycles. The molecular formula is C12H21N3O2S. The molecule has 6 heteroatoms. The van der Waals surface area contributed by atoms with Crippen LogP contribution in [0.4, 0.5) is 0 Å². The number of nitrogens with one attached hydrogen (secondary N) is 1. The SMILES string of the molecule is CCC(C)(O)CNC(=O)c1snnc1C(C)(C)C. The largest absolute Gasteiger partial charge is 0.388 e. The van der Waals surface area contributed by atoms with Crippen LogP contribution >= 0.6 is 11.5 Å².